The number of hydrogen-bond donors (Lipinski definition) is 1. The molecule has 0 amide bonds. The molecule has 0 radical (unpaired) electrons. The van der Waals surface area contributed by atoms with E-state index in [0.717, 1.165) is 12.8 Å². The van der Waals surface area contributed by atoms with Crippen molar-refractivity contribution >= 4 is 0 Å². The Morgan fingerprint density at radius 1 is 1.45 bits per heavy atom. The highest BCUT2D eigenvalue weighted by Gasteiger charge is 2.52. The molecule has 1 aliphatic carbocycles. The molecular formula is C8H16N2O. The fourth-order valence-electron chi connectivity index (χ4n) is 1.84. The van der Waals surface area contributed by atoms with Gasteiger partial charge in [-0.15, -0.1) is 0 Å². The van der Waals surface area contributed by atoms with Gasteiger partial charge in [0.15, 0.2) is 0 Å². The zero-order chi connectivity index (χ0) is 8.70. The first kappa shape index (κ1) is 8.65. The lowest BCUT2D eigenvalue weighted by atomic mass is 9.60. The molecule has 3 heteroatoms. The van der Waals surface area contributed by atoms with Gasteiger partial charge in [-0.25, -0.2) is 0 Å². The average Bonchev–Trinajstić information content (AvgIpc) is 1.84. The molecule has 0 aromatic rings. The van der Waals surface area contributed by atoms with Crippen molar-refractivity contribution in [1.82, 2.24) is 0 Å². The first-order valence-electron chi connectivity index (χ1n) is 4.05. The standard InChI is InChI=1S/C8H16N2O/c1-6(2)8(9)4-7(3,5-8)10-11/h6H,4-5,9H2,1-3H3. The molecule has 0 saturated heterocycles. The van der Waals surface area contributed by atoms with Gasteiger partial charge in [-0.05, 0) is 25.7 Å². The number of hydrogen-bond acceptors (Lipinski definition) is 3. The van der Waals surface area contributed by atoms with Crippen LogP contribution in [0.4, 0.5) is 0 Å². The Labute approximate surface area is 67.3 Å². The highest BCUT2D eigenvalue weighted by molar-refractivity contribution is 5.11. The molecular weight excluding hydrogens is 140 g/mol. The molecule has 2 N–H and O–H groups in total. The Hall–Kier alpha value is -0.440. The summed E-state index contributed by atoms with van der Waals surface area (Å²) in [6, 6.07) is 0. The van der Waals surface area contributed by atoms with Crippen LogP contribution in [0.15, 0.2) is 5.18 Å². The van der Waals surface area contributed by atoms with Crippen molar-refractivity contribution in [2.24, 2.45) is 16.8 Å². The van der Waals surface area contributed by atoms with E-state index in [1.807, 2.05) is 6.92 Å². The van der Waals surface area contributed by atoms with E-state index < -0.39 is 0 Å². The number of nitrogens with two attached hydrogens (primary N) is 1. The Morgan fingerprint density at radius 3 is 2.18 bits per heavy atom. The molecule has 0 aliphatic heterocycles. The maximum absolute atomic E-state index is 10.3. The molecule has 0 unspecified atom stereocenters. The fraction of sp³-hybridized carbons (Fsp3) is 1.00. The number of rotatable bonds is 2. The van der Waals surface area contributed by atoms with Crippen LogP contribution in [-0.2, 0) is 0 Å². The van der Waals surface area contributed by atoms with Crippen molar-refractivity contribution in [2.45, 2.75) is 44.7 Å². The van der Waals surface area contributed by atoms with Crippen LogP contribution in [0, 0.1) is 10.8 Å². The highest BCUT2D eigenvalue weighted by Crippen LogP contribution is 2.45. The molecule has 0 atom stereocenters. The average molecular weight is 156 g/mol. The fourth-order valence-corrected chi connectivity index (χ4v) is 1.84. The van der Waals surface area contributed by atoms with Gasteiger partial charge in [0.05, 0.1) is 0 Å². The minimum atomic E-state index is -0.376. The van der Waals surface area contributed by atoms with Gasteiger partial charge < -0.3 is 5.73 Å². The van der Waals surface area contributed by atoms with Gasteiger partial charge in [-0.3, -0.25) is 0 Å². The van der Waals surface area contributed by atoms with Crippen LogP contribution in [0.1, 0.15) is 33.6 Å². The molecule has 3 nitrogen and oxygen atoms in total. The summed E-state index contributed by atoms with van der Waals surface area (Å²) in [6.07, 6.45) is 1.47. The Kier molecular flexibility index (Phi) is 1.79. The second-order valence-corrected chi connectivity index (χ2v) is 4.33. The molecule has 0 heterocycles. The lowest BCUT2D eigenvalue weighted by Crippen LogP contribution is -2.62. The molecule has 1 fully saturated rings. The summed E-state index contributed by atoms with van der Waals surface area (Å²) < 4.78 is 0. The third kappa shape index (κ3) is 1.29. The first-order chi connectivity index (χ1) is 4.92. The quantitative estimate of drug-likeness (QED) is 0.618. The summed E-state index contributed by atoms with van der Waals surface area (Å²) in [5, 5.41) is 3.07. The van der Waals surface area contributed by atoms with Gasteiger partial charge in [-0.2, -0.15) is 4.91 Å². The SMILES string of the molecule is CC(C)C1(N)CC(C)(N=O)C1. The van der Waals surface area contributed by atoms with Gasteiger partial charge in [0.2, 0.25) is 0 Å². The van der Waals surface area contributed by atoms with Gasteiger partial charge in [0.25, 0.3) is 0 Å². The van der Waals surface area contributed by atoms with Crippen LogP contribution in [0.3, 0.4) is 0 Å². The third-order valence-corrected chi connectivity index (χ3v) is 2.79. The minimum absolute atomic E-state index is 0.136. The van der Waals surface area contributed by atoms with Crippen molar-refractivity contribution in [3.63, 3.8) is 0 Å². The zero-order valence-electron chi connectivity index (χ0n) is 7.42. The Morgan fingerprint density at radius 2 is 1.91 bits per heavy atom. The Balaban J connectivity index is 2.56. The Bertz CT molecular complexity index is 171. The van der Waals surface area contributed by atoms with Crippen molar-refractivity contribution < 1.29 is 0 Å². The van der Waals surface area contributed by atoms with E-state index in [0.29, 0.717) is 5.92 Å². The van der Waals surface area contributed by atoms with Gasteiger partial charge in [0.1, 0.15) is 5.54 Å². The largest absolute Gasteiger partial charge is 0.325 e. The van der Waals surface area contributed by atoms with E-state index in [2.05, 4.69) is 19.0 Å². The molecule has 0 bridgehead atoms. The second kappa shape index (κ2) is 2.27. The minimum Gasteiger partial charge on any atom is -0.325 e. The molecule has 0 aromatic carbocycles. The van der Waals surface area contributed by atoms with E-state index in [1.54, 1.807) is 0 Å². The predicted octanol–water partition coefficient (Wildman–Crippen LogP) is 1.66. The van der Waals surface area contributed by atoms with Crippen LogP contribution < -0.4 is 5.73 Å². The number of nitroso groups, excluding NO2 is 1. The van der Waals surface area contributed by atoms with E-state index in [9.17, 15) is 4.91 Å². The summed E-state index contributed by atoms with van der Waals surface area (Å²) in [6.45, 7) is 6.04. The summed E-state index contributed by atoms with van der Waals surface area (Å²) in [7, 11) is 0. The van der Waals surface area contributed by atoms with Crippen molar-refractivity contribution in [3.05, 3.63) is 4.91 Å². The number of nitrogens with zero attached hydrogens (tertiary/aromatic N) is 1. The normalized spacial score (nSPS) is 43.7. The van der Waals surface area contributed by atoms with Crippen LogP contribution >= 0.6 is 0 Å². The van der Waals surface area contributed by atoms with Crippen molar-refractivity contribution in [3.8, 4) is 0 Å². The van der Waals surface area contributed by atoms with E-state index >= 15 is 0 Å². The third-order valence-electron chi connectivity index (χ3n) is 2.79. The molecule has 1 aliphatic rings. The van der Waals surface area contributed by atoms with E-state index in [4.69, 9.17) is 5.73 Å². The maximum atomic E-state index is 10.3. The zero-order valence-corrected chi connectivity index (χ0v) is 7.42. The van der Waals surface area contributed by atoms with Crippen LogP contribution in [-0.4, -0.2) is 11.1 Å². The van der Waals surface area contributed by atoms with Gasteiger partial charge in [-0.1, -0.05) is 19.0 Å². The second-order valence-electron chi connectivity index (χ2n) is 4.33. The molecule has 0 spiro atoms. The van der Waals surface area contributed by atoms with Crippen molar-refractivity contribution in [2.75, 3.05) is 0 Å². The summed E-state index contributed by atoms with van der Waals surface area (Å²) in [4.78, 5) is 10.3. The summed E-state index contributed by atoms with van der Waals surface area (Å²) in [5.74, 6) is 0.442. The highest BCUT2D eigenvalue weighted by atomic mass is 16.3. The van der Waals surface area contributed by atoms with Crippen LogP contribution in [0.5, 0.6) is 0 Å². The maximum Gasteiger partial charge on any atom is 0.103 e. The topological polar surface area (TPSA) is 55.4 Å². The molecule has 11 heavy (non-hydrogen) atoms. The first-order valence-corrected chi connectivity index (χ1v) is 4.05. The predicted molar refractivity (Wildman–Crippen MR) is 45.2 cm³/mol. The van der Waals surface area contributed by atoms with Crippen LogP contribution in [0.25, 0.3) is 0 Å². The lowest BCUT2D eigenvalue weighted by Gasteiger charge is -2.50. The smallest absolute Gasteiger partial charge is 0.103 e. The summed E-state index contributed by atoms with van der Waals surface area (Å²) >= 11 is 0. The molecule has 0 aromatic heterocycles. The molecule has 1 rings (SSSR count). The van der Waals surface area contributed by atoms with E-state index in [-0.39, 0.29) is 11.1 Å². The lowest BCUT2D eigenvalue weighted by molar-refractivity contribution is 0.0820. The monoisotopic (exact) mass is 156 g/mol. The van der Waals surface area contributed by atoms with Gasteiger partial charge in [0, 0.05) is 5.54 Å². The molecule has 1 saturated carbocycles. The van der Waals surface area contributed by atoms with Crippen molar-refractivity contribution in [1.29, 1.82) is 0 Å². The summed E-state index contributed by atoms with van der Waals surface area (Å²) in [5.41, 5.74) is 5.49. The van der Waals surface area contributed by atoms with E-state index in [1.165, 1.54) is 0 Å². The molecule has 64 valence electrons. The van der Waals surface area contributed by atoms with Crippen LogP contribution in [0.2, 0.25) is 0 Å². The van der Waals surface area contributed by atoms with Gasteiger partial charge >= 0.3 is 0 Å².